The monoisotopic (exact) mass is 355 g/mol. The van der Waals surface area contributed by atoms with Crippen LogP contribution in [0.3, 0.4) is 0 Å². The Balaban J connectivity index is 3.39. The Morgan fingerprint density at radius 3 is 2.52 bits per heavy atom. The molecule has 0 spiro atoms. The van der Waals surface area contributed by atoms with Crippen LogP contribution in [0, 0.1) is 11.3 Å². The number of halogens is 5. The second-order valence-electron chi connectivity index (χ2n) is 3.94. The highest BCUT2D eigenvalue weighted by molar-refractivity contribution is 8.00. The number of hydrogen-bond donors (Lipinski definition) is 0. The van der Waals surface area contributed by atoms with Gasteiger partial charge >= 0.3 is 18.1 Å². The van der Waals surface area contributed by atoms with Gasteiger partial charge in [-0.05, 0) is 30.8 Å². The van der Waals surface area contributed by atoms with E-state index in [1.807, 2.05) is 0 Å². The quantitative estimate of drug-likeness (QED) is 0.440. The largest absolute Gasteiger partial charge is 0.466 e. The van der Waals surface area contributed by atoms with E-state index in [2.05, 4.69) is 9.47 Å². The van der Waals surface area contributed by atoms with Crippen molar-refractivity contribution in [3.8, 4) is 11.8 Å². The molecule has 0 aliphatic rings. The van der Waals surface area contributed by atoms with Crippen molar-refractivity contribution in [3.63, 3.8) is 0 Å². The number of nitriles is 1. The molecule has 0 heterocycles. The van der Waals surface area contributed by atoms with Gasteiger partial charge in [-0.15, -0.1) is 0 Å². The van der Waals surface area contributed by atoms with Gasteiger partial charge in [0.2, 0.25) is 0 Å². The summed E-state index contributed by atoms with van der Waals surface area (Å²) in [6, 6.07) is 3.37. The number of rotatable bonds is 6. The van der Waals surface area contributed by atoms with Crippen LogP contribution in [-0.2, 0) is 16.0 Å². The zero-order valence-electron chi connectivity index (χ0n) is 11.6. The van der Waals surface area contributed by atoms with Crippen molar-refractivity contribution in [1.29, 1.82) is 5.26 Å². The first kappa shape index (κ1) is 19.0. The summed E-state index contributed by atoms with van der Waals surface area (Å²) in [5, 5.41) is 8.90. The van der Waals surface area contributed by atoms with E-state index in [4.69, 9.17) is 5.26 Å². The van der Waals surface area contributed by atoms with Crippen LogP contribution in [0.4, 0.5) is 22.0 Å². The fourth-order valence-corrected chi connectivity index (χ4v) is 2.34. The topological polar surface area (TPSA) is 59.3 Å². The SMILES string of the molecule is CCOC(=O)Cc1c(SC(F)(F)F)ccc(C#N)c1OC(F)F. The molecule has 0 radical (unpaired) electrons. The number of alkyl halides is 5. The van der Waals surface area contributed by atoms with Crippen LogP contribution in [0.1, 0.15) is 18.1 Å². The van der Waals surface area contributed by atoms with E-state index in [0.717, 1.165) is 12.1 Å². The number of benzene rings is 1. The highest BCUT2D eigenvalue weighted by Crippen LogP contribution is 2.42. The van der Waals surface area contributed by atoms with Crippen molar-refractivity contribution >= 4 is 17.7 Å². The van der Waals surface area contributed by atoms with Crippen LogP contribution in [0.2, 0.25) is 0 Å². The third-order valence-corrected chi connectivity index (χ3v) is 3.23. The van der Waals surface area contributed by atoms with E-state index in [1.54, 1.807) is 0 Å². The minimum absolute atomic E-state index is 0.0381. The van der Waals surface area contributed by atoms with Crippen molar-refractivity contribution in [2.24, 2.45) is 0 Å². The zero-order valence-corrected chi connectivity index (χ0v) is 12.4. The number of nitrogens with zero attached hydrogens (tertiary/aromatic N) is 1. The van der Waals surface area contributed by atoms with Gasteiger partial charge < -0.3 is 9.47 Å². The molecule has 0 saturated heterocycles. The second-order valence-corrected chi connectivity index (χ2v) is 5.05. The molecule has 1 rings (SSSR count). The molecule has 0 amide bonds. The Labute approximate surface area is 132 Å². The molecule has 0 fully saturated rings. The maximum Gasteiger partial charge on any atom is 0.446 e. The summed E-state index contributed by atoms with van der Waals surface area (Å²) in [5.74, 6) is -1.68. The van der Waals surface area contributed by atoms with Gasteiger partial charge in [0, 0.05) is 10.5 Å². The van der Waals surface area contributed by atoms with Gasteiger partial charge in [-0.2, -0.15) is 27.2 Å². The molecule has 1 aromatic carbocycles. The van der Waals surface area contributed by atoms with Crippen LogP contribution >= 0.6 is 11.8 Å². The van der Waals surface area contributed by atoms with E-state index >= 15 is 0 Å². The molecular weight excluding hydrogens is 345 g/mol. The number of hydrogen-bond acceptors (Lipinski definition) is 5. The lowest BCUT2D eigenvalue weighted by Gasteiger charge is -2.16. The predicted octanol–water partition coefficient (Wildman–Crippen LogP) is 3.88. The minimum Gasteiger partial charge on any atom is -0.466 e. The van der Waals surface area contributed by atoms with Crippen LogP contribution in [-0.4, -0.2) is 24.7 Å². The van der Waals surface area contributed by atoms with Crippen LogP contribution in [0.25, 0.3) is 0 Å². The number of carbonyl (C=O) groups excluding carboxylic acids is 1. The molecule has 0 N–H and O–H groups in total. The van der Waals surface area contributed by atoms with Gasteiger partial charge in [0.15, 0.2) is 0 Å². The van der Waals surface area contributed by atoms with Crippen molar-refractivity contribution in [3.05, 3.63) is 23.3 Å². The third-order valence-electron chi connectivity index (χ3n) is 2.40. The highest BCUT2D eigenvalue weighted by atomic mass is 32.2. The normalized spacial score (nSPS) is 11.2. The van der Waals surface area contributed by atoms with Crippen molar-refractivity contribution in [2.45, 2.75) is 30.4 Å². The highest BCUT2D eigenvalue weighted by Gasteiger charge is 2.32. The molecule has 126 valence electrons. The molecule has 0 aromatic heterocycles. The molecule has 4 nitrogen and oxygen atoms in total. The number of esters is 1. The van der Waals surface area contributed by atoms with Crippen molar-refractivity contribution in [2.75, 3.05) is 6.61 Å². The fourth-order valence-electron chi connectivity index (χ4n) is 1.67. The van der Waals surface area contributed by atoms with Gasteiger partial charge in [-0.25, -0.2) is 0 Å². The first-order chi connectivity index (χ1) is 10.7. The van der Waals surface area contributed by atoms with E-state index in [9.17, 15) is 26.7 Å². The lowest BCUT2D eigenvalue weighted by molar-refractivity contribution is -0.142. The smallest absolute Gasteiger partial charge is 0.446 e. The third kappa shape index (κ3) is 5.94. The Morgan fingerprint density at radius 2 is 2.04 bits per heavy atom. The van der Waals surface area contributed by atoms with Crippen LogP contribution < -0.4 is 4.74 Å². The Morgan fingerprint density at radius 1 is 1.39 bits per heavy atom. The first-order valence-corrected chi connectivity index (χ1v) is 6.91. The maximum absolute atomic E-state index is 12.6. The zero-order chi connectivity index (χ0) is 17.6. The molecule has 23 heavy (non-hydrogen) atoms. The van der Waals surface area contributed by atoms with Crippen LogP contribution in [0.15, 0.2) is 17.0 Å². The van der Waals surface area contributed by atoms with Gasteiger partial charge in [-0.3, -0.25) is 4.79 Å². The van der Waals surface area contributed by atoms with E-state index < -0.39 is 58.0 Å². The lowest BCUT2D eigenvalue weighted by atomic mass is 10.1. The average Bonchev–Trinajstić information content (AvgIpc) is 2.40. The lowest BCUT2D eigenvalue weighted by Crippen LogP contribution is -2.13. The molecule has 0 aliphatic carbocycles. The molecule has 0 bridgehead atoms. The Hall–Kier alpha value is -2.02. The average molecular weight is 355 g/mol. The van der Waals surface area contributed by atoms with Crippen LogP contribution in [0.5, 0.6) is 5.75 Å². The molecule has 0 unspecified atom stereocenters. The van der Waals surface area contributed by atoms with E-state index in [0.29, 0.717) is 0 Å². The van der Waals surface area contributed by atoms with Gasteiger partial charge in [0.1, 0.15) is 11.8 Å². The number of ether oxygens (including phenoxy) is 2. The minimum atomic E-state index is -4.71. The fraction of sp³-hybridized carbons (Fsp3) is 0.385. The van der Waals surface area contributed by atoms with E-state index in [1.165, 1.54) is 13.0 Å². The van der Waals surface area contributed by atoms with E-state index in [-0.39, 0.29) is 6.61 Å². The summed E-state index contributed by atoms with van der Waals surface area (Å²) in [4.78, 5) is 11.0. The molecule has 0 atom stereocenters. The van der Waals surface area contributed by atoms with Crippen molar-refractivity contribution < 1.29 is 36.2 Å². The standard InChI is InChI=1S/C13H10F5NO3S/c1-2-21-10(20)5-8-9(23-13(16,17)18)4-3-7(6-19)11(8)22-12(14)15/h3-4,12H,2,5H2,1H3. The first-order valence-electron chi connectivity index (χ1n) is 6.10. The Bertz CT molecular complexity index is 613. The Kier molecular flexibility index (Phi) is 6.62. The summed E-state index contributed by atoms with van der Waals surface area (Å²) in [6.45, 7) is -1.93. The summed E-state index contributed by atoms with van der Waals surface area (Å²) in [5.41, 5.74) is -5.58. The second kappa shape index (κ2) is 8.01. The van der Waals surface area contributed by atoms with Gasteiger partial charge in [-0.1, -0.05) is 0 Å². The number of thioether (sulfide) groups is 1. The summed E-state index contributed by atoms with van der Waals surface area (Å²) in [6.07, 6.45) is -0.732. The molecule has 10 heteroatoms. The number of carbonyl (C=O) groups is 1. The summed E-state index contributed by atoms with van der Waals surface area (Å²) < 4.78 is 71.5. The molecular formula is C13H10F5NO3S. The van der Waals surface area contributed by atoms with Gasteiger partial charge in [0.05, 0.1) is 18.6 Å². The molecule has 0 aliphatic heterocycles. The predicted molar refractivity (Wildman–Crippen MR) is 70.0 cm³/mol. The molecule has 1 aromatic rings. The molecule has 0 saturated carbocycles. The summed E-state index contributed by atoms with van der Waals surface area (Å²) in [7, 11) is 0. The summed E-state index contributed by atoms with van der Waals surface area (Å²) >= 11 is -0.594. The maximum atomic E-state index is 12.6. The van der Waals surface area contributed by atoms with Crippen molar-refractivity contribution in [1.82, 2.24) is 0 Å². The van der Waals surface area contributed by atoms with Gasteiger partial charge in [0.25, 0.3) is 0 Å².